The number of rotatable bonds is 2. The van der Waals surface area contributed by atoms with Gasteiger partial charge < -0.3 is 10.0 Å². The van der Waals surface area contributed by atoms with Crippen molar-refractivity contribution >= 4 is 17.6 Å². The number of aliphatic imine (C=N–C) groups is 1. The van der Waals surface area contributed by atoms with Gasteiger partial charge in [-0.2, -0.15) is 0 Å². The number of aliphatic hydroxyl groups excluding tert-OH is 1. The van der Waals surface area contributed by atoms with E-state index in [1.807, 2.05) is 13.1 Å². The van der Waals surface area contributed by atoms with Crippen LogP contribution in [0.1, 0.15) is 19.8 Å². The number of hydrogen-bond donors (Lipinski definition) is 1. The minimum Gasteiger partial charge on any atom is -0.370 e. The predicted molar refractivity (Wildman–Crippen MR) is 73.9 cm³/mol. The van der Waals surface area contributed by atoms with Crippen LogP contribution < -0.4 is 0 Å². The molecule has 0 aliphatic carbocycles. The van der Waals surface area contributed by atoms with Gasteiger partial charge in [-0.05, 0) is 30.7 Å². The zero-order valence-corrected chi connectivity index (χ0v) is 11.3. The second-order valence-electron chi connectivity index (χ2n) is 4.15. The zero-order chi connectivity index (χ0) is 12.4. The number of nitrogens with zero attached hydrogens (tertiary/aromatic N) is 2. The van der Waals surface area contributed by atoms with Crippen LogP contribution in [0.2, 0.25) is 0 Å². The molecule has 17 heavy (non-hydrogen) atoms. The van der Waals surface area contributed by atoms with Crippen molar-refractivity contribution in [2.45, 2.75) is 26.0 Å². The number of aliphatic hydroxyl groups is 1. The molecule has 0 aromatic rings. The second kappa shape index (κ2) is 5.10. The van der Waals surface area contributed by atoms with Crippen LogP contribution in [0.4, 0.5) is 0 Å². The Morgan fingerprint density at radius 3 is 3.00 bits per heavy atom. The molecule has 4 heteroatoms. The summed E-state index contributed by atoms with van der Waals surface area (Å²) in [6.45, 7) is 2.16. The van der Waals surface area contributed by atoms with Gasteiger partial charge in [0.25, 0.3) is 0 Å². The lowest BCUT2D eigenvalue weighted by atomic mass is 10.1. The van der Waals surface area contributed by atoms with Crippen molar-refractivity contribution in [2.75, 3.05) is 13.3 Å². The molecule has 1 N–H and O–H groups in total. The summed E-state index contributed by atoms with van der Waals surface area (Å²) >= 11 is 1.68. The lowest BCUT2D eigenvalue weighted by Crippen LogP contribution is -2.39. The van der Waals surface area contributed by atoms with Gasteiger partial charge in [-0.1, -0.05) is 19.1 Å². The van der Waals surface area contributed by atoms with E-state index in [1.54, 1.807) is 22.7 Å². The number of hydrogen-bond acceptors (Lipinski definition) is 4. The highest BCUT2D eigenvalue weighted by Gasteiger charge is 2.23. The van der Waals surface area contributed by atoms with Crippen LogP contribution in [0, 0.1) is 0 Å². The summed E-state index contributed by atoms with van der Waals surface area (Å²) in [6, 6.07) is 0. The molecule has 92 valence electrons. The van der Waals surface area contributed by atoms with Crippen molar-refractivity contribution in [1.82, 2.24) is 4.90 Å². The van der Waals surface area contributed by atoms with Crippen LogP contribution in [0.15, 0.2) is 39.4 Å². The van der Waals surface area contributed by atoms with E-state index < -0.39 is 6.23 Å². The molecule has 1 unspecified atom stereocenters. The molecule has 0 radical (unpaired) electrons. The Labute approximate surface area is 107 Å². The van der Waals surface area contributed by atoms with Crippen molar-refractivity contribution in [1.29, 1.82) is 0 Å². The Hall–Kier alpha value is -1.00. The van der Waals surface area contributed by atoms with Crippen molar-refractivity contribution in [3.63, 3.8) is 0 Å². The number of allylic oxidation sites excluding steroid dienone is 2. The van der Waals surface area contributed by atoms with Crippen LogP contribution in [0.25, 0.3) is 0 Å². The normalized spacial score (nSPS) is 24.2. The first kappa shape index (κ1) is 12.5. The molecule has 2 rings (SSSR count). The highest BCUT2D eigenvalue weighted by Crippen LogP contribution is 2.30. The standard InChI is InChI=1S/C13H18N2OS/c1-4-9-5-6-10-7-8-11(16)15(2)12(10)14-13(9)17-3/h6-8,11,16H,4-5H2,1-3H3. The summed E-state index contributed by atoms with van der Waals surface area (Å²) in [5.41, 5.74) is 2.47. The van der Waals surface area contributed by atoms with E-state index in [1.165, 1.54) is 5.57 Å². The molecular weight excluding hydrogens is 232 g/mol. The van der Waals surface area contributed by atoms with E-state index in [2.05, 4.69) is 19.3 Å². The van der Waals surface area contributed by atoms with Gasteiger partial charge in [0.15, 0.2) is 0 Å². The Morgan fingerprint density at radius 2 is 2.35 bits per heavy atom. The number of amidine groups is 1. The van der Waals surface area contributed by atoms with Gasteiger partial charge in [-0.25, -0.2) is 4.99 Å². The zero-order valence-electron chi connectivity index (χ0n) is 10.5. The van der Waals surface area contributed by atoms with E-state index in [0.29, 0.717) is 0 Å². The van der Waals surface area contributed by atoms with Gasteiger partial charge in [-0.3, -0.25) is 0 Å². The van der Waals surface area contributed by atoms with Crippen molar-refractivity contribution in [2.24, 2.45) is 4.99 Å². The quantitative estimate of drug-likeness (QED) is 0.818. The average molecular weight is 250 g/mol. The molecule has 2 heterocycles. The van der Waals surface area contributed by atoms with Gasteiger partial charge in [-0.15, -0.1) is 11.8 Å². The van der Waals surface area contributed by atoms with E-state index >= 15 is 0 Å². The fourth-order valence-corrected chi connectivity index (χ4v) is 2.70. The number of likely N-dealkylation sites (N-methyl/N-ethyl adjacent to an activating group) is 1. The molecule has 0 aromatic carbocycles. The van der Waals surface area contributed by atoms with E-state index in [4.69, 9.17) is 4.99 Å². The summed E-state index contributed by atoms with van der Waals surface area (Å²) in [7, 11) is 1.87. The SMILES string of the molecule is CCC1=C(SC)N=C2C(=CC1)C=CC(O)N2C. The summed E-state index contributed by atoms with van der Waals surface area (Å²) in [4.78, 5) is 6.51. The van der Waals surface area contributed by atoms with Crippen LogP contribution >= 0.6 is 11.8 Å². The van der Waals surface area contributed by atoms with E-state index in [0.717, 1.165) is 29.3 Å². The smallest absolute Gasteiger partial charge is 0.147 e. The van der Waals surface area contributed by atoms with E-state index in [9.17, 15) is 5.11 Å². The van der Waals surface area contributed by atoms with Gasteiger partial charge in [0.05, 0.1) is 5.03 Å². The average Bonchev–Trinajstić information content (AvgIpc) is 2.53. The topological polar surface area (TPSA) is 35.8 Å². The third-order valence-electron chi connectivity index (χ3n) is 3.14. The van der Waals surface area contributed by atoms with Crippen LogP contribution in [0.5, 0.6) is 0 Å². The van der Waals surface area contributed by atoms with Crippen LogP contribution in [-0.4, -0.2) is 35.4 Å². The fourth-order valence-electron chi connectivity index (χ4n) is 2.01. The Kier molecular flexibility index (Phi) is 3.74. The highest BCUT2D eigenvalue weighted by molar-refractivity contribution is 8.02. The Balaban J connectivity index is 2.46. The van der Waals surface area contributed by atoms with Crippen LogP contribution in [0.3, 0.4) is 0 Å². The van der Waals surface area contributed by atoms with Gasteiger partial charge in [0.1, 0.15) is 12.1 Å². The highest BCUT2D eigenvalue weighted by atomic mass is 32.2. The molecule has 0 bridgehead atoms. The first-order valence-corrected chi connectivity index (χ1v) is 7.04. The first-order valence-electron chi connectivity index (χ1n) is 5.81. The summed E-state index contributed by atoms with van der Waals surface area (Å²) in [6.07, 6.45) is 9.39. The monoisotopic (exact) mass is 250 g/mol. The van der Waals surface area contributed by atoms with E-state index in [-0.39, 0.29) is 0 Å². The van der Waals surface area contributed by atoms with Crippen molar-refractivity contribution in [3.05, 3.63) is 34.4 Å². The summed E-state index contributed by atoms with van der Waals surface area (Å²) < 4.78 is 0. The summed E-state index contributed by atoms with van der Waals surface area (Å²) in [5, 5.41) is 10.9. The molecule has 0 saturated heterocycles. The third-order valence-corrected chi connectivity index (χ3v) is 3.90. The Bertz CT molecular complexity index is 435. The number of thioether (sulfide) groups is 1. The van der Waals surface area contributed by atoms with Gasteiger partial charge in [0, 0.05) is 12.6 Å². The third kappa shape index (κ3) is 2.33. The molecular formula is C13H18N2OS. The van der Waals surface area contributed by atoms with Crippen molar-refractivity contribution < 1.29 is 5.11 Å². The molecule has 0 aromatic heterocycles. The van der Waals surface area contributed by atoms with Gasteiger partial charge in [0.2, 0.25) is 0 Å². The maximum atomic E-state index is 9.80. The molecule has 3 nitrogen and oxygen atoms in total. The minimum absolute atomic E-state index is 0.572. The van der Waals surface area contributed by atoms with Crippen molar-refractivity contribution in [3.8, 4) is 0 Å². The molecule has 1 atom stereocenters. The Morgan fingerprint density at radius 1 is 1.59 bits per heavy atom. The molecule has 2 aliphatic heterocycles. The number of fused-ring (bicyclic) bond motifs is 1. The second-order valence-corrected chi connectivity index (χ2v) is 4.94. The lowest BCUT2D eigenvalue weighted by Gasteiger charge is -2.29. The summed E-state index contributed by atoms with van der Waals surface area (Å²) in [5.74, 6) is 0.868. The molecule has 0 saturated carbocycles. The molecule has 0 spiro atoms. The predicted octanol–water partition coefficient (Wildman–Crippen LogP) is 2.52. The first-order chi connectivity index (χ1) is 8.17. The maximum Gasteiger partial charge on any atom is 0.147 e. The lowest BCUT2D eigenvalue weighted by molar-refractivity contribution is 0.113. The van der Waals surface area contributed by atoms with Crippen LogP contribution in [-0.2, 0) is 0 Å². The molecule has 0 amide bonds. The maximum absolute atomic E-state index is 9.80. The minimum atomic E-state index is -0.572. The fraction of sp³-hybridized carbons (Fsp3) is 0.462. The molecule has 0 fully saturated rings. The van der Waals surface area contributed by atoms with Gasteiger partial charge >= 0.3 is 0 Å². The molecule has 2 aliphatic rings. The largest absolute Gasteiger partial charge is 0.370 e.